The molecule has 5 nitrogen and oxygen atoms in total. The van der Waals surface area contributed by atoms with Gasteiger partial charge in [-0.2, -0.15) is 0 Å². The molecular formula is C32H39FN2O3. The summed E-state index contributed by atoms with van der Waals surface area (Å²) in [5.74, 6) is -0.269. The van der Waals surface area contributed by atoms with Gasteiger partial charge in [0.05, 0.1) is 0 Å². The fourth-order valence-corrected chi connectivity index (χ4v) is 4.22. The third-order valence-corrected chi connectivity index (χ3v) is 6.58. The van der Waals surface area contributed by atoms with Gasteiger partial charge in [0, 0.05) is 19.0 Å². The molecule has 0 aliphatic heterocycles. The summed E-state index contributed by atoms with van der Waals surface area (Å²) >= 11 is 0. The second-order valence-electron chi connectivity index (χ2n) is 10.7. The average Bonchev–Trinajstić information content (AvgIpc) is 2.90. The molecule has 0 saturated heterocycles. The van der Waals surface area contributed by atoms with Crippen LogP contribution in [0.3, 0.4) is 0 Å². The van der Waals surface area contributed by atoms with Crippen molar-refractivity contribution < 1.29 is 18.7 Å². The Bertz CT molecular complexity index is 1190. The fraction of sp³-hybridized carbons (Fsp3) is 0.375. The lowest BCUT2D eigenvalue weighted by molar-refractivity contribution is -0.143. The number of carbonyl (C=O) groups excluding carboxylic acids is 2. The van der Waals surface area contributed by atoms with Crippen LogP contribution in [0.2, 0.25) is 0 Å². The zero-order valence-corrected chi connectivity index (χ0v) is 23.0. The van der Waals surface area contributed by atoms with E-state index in [4.69, 9.17) is 4.74 Å². The minimum absolute atomic E-state index is 0.0431. The lowest BCUT2D eigenvalue weighted by atomic mass is 9.86. The van der Waals surface area contributed by atoms with E-state index < -0.39 is 6.04 Å². The Morgan fingerprint density at radius 2 is 1.55 bits per heavy atom. The highest BCUT2D eigenvalue weighted by Gasteiger charge is 2.31. The van der Waals surface area contributed by atoms with Crippen LogP contribution in [0.4, 0.5) is 4.39 Å². The highest BCUT2D eigenvalue weighted by molar-refractivity contribution is 5.88. The number of carbonyl (C=O) groups is 2. The van der Waals surface area contributed by atoms with E-state index in [0.29, 0.717) is 12.2 Å². The van der Waals surface area contributed by atoms with E-state index in [9.17, 15) is 14.0 Å². The highest BCUT2D eigenvalue weighted by atomic mass is 19.1. The summed E-state index contributed by atoms with van der Waals surface area (Å²) in [6.45, 7) is 10.1. The maximum atomic E-state index is 13.8. The van der Waals surface area contributed by atoms with Crippen LogP contribution >= 0.6 is 0 Å². The van der Waals surface area contributed by atoms with Crippen LogP contribution in [0.25, 0.3) is 0 Å². The molecule has 1 N–H and O–H groups in total. The average molecular weight is 519 g/mol. The number of amides is 2. The van der Waals surface area contributed by atoms with Gasteiger partial charge in [0.25, 0.3) is 5.91 Å². The summed E-state index contributed by atoms with van der Waals surface area (Å²) in [7, 11) is 0. The quantitative estimate of drug-likeness (QED) is 0.336. The molecule has 0 aliphatic carbocycles. The van der Waals surface area contributed by atoms with Crippen LogP contribution in [0.15, 0.2) is 78.9 Å². The van der Waals surface area contributed by atoms with Crippen molar-refractivity contribution in [2.75, 3.05) is 6.61 Å². The van der Waals surface area contributed by atoms with Crippen molar-refractivity contribution in [1.29, 1.82) is 0 Å². The molecule has 3 aromatic rings. The normalized spacial score (nSPS) is 12.9. The summed E-state index contributed by atoms with van der Waals surface area (Å²) in [6.07, 6.45) is 1.11. The Balaban J connectivity index is 1.94. The van der Waals surface area contributed by atoms with Gasteiger partial charge in [-0.25, -0.2) is 4.39 Å². The molecule has 3 rings (SSSR count). The predicted octanol–water partition coefficient (Wildman–Crippen LogP) is 6.06. The number of nitrogens with zero attached hydrogens (tertiary/aromatic N) is 1. The van der Waals surface area contributed by atoms with Crippen molar-refractivity contribution in [2.24, 2.45) is 0 Å². The number of rotatable bonds is 11. The summed E-state index contributed by atoms with van der Waals surface area (Å²) in [6, 6.07) is 22.5. The molecule has 2 atom stereocenters. The SMILES string of the molecule is CC[C@H](C)NC(=O)[C@@H](Cc1ccccc1)N(Cc1ccc(F)cc1)C(=O)COc1ccccc1C(C)(C)C. The van der Waals surface area contributed by atoms with Gasteiger partial charge in [-0.15, -0.1) is 0 Å². The van der Waals surface area contributed by atoms with Crippen molar-refractivity contribution in [2.45, 2.75) is 71.5 Å². The van der Waals surface area contributed by atoms with E-state index >= 15 is 0 Å². The number of hydrogen-bond donors (Lipinski definition) is 1. The van der Waals surface area contributed by atoms with Crippen LogP contribution in [0.5, 0.6) is 5.75 Å². The molecule has 0 radical (unpaired) electrons. The van der Waals surface area contributed by atoms with Gasteiger partial charge in [0.15, 0.2) is 6.61 Å². The Morgan fingerprint density at radius 3 is 2.18 bits per heavy atom. The third kappa shape index (κ3) is 8.17. The molecular weight excluding hydrogens is 479 g/mol. The molecule has 0 saturated carbocycles. The van der Waals surface area contributed by atoms with E-state index in [1.54, 1.807) is 17.0 Å². The van der Waals surface area contributed by atoms with Gasteiger partial charge in [0.2, 0.25) is 5.91 Å². The molecule has 38 heavy (non-hydrogen) atoms. The van der Waals surface area contributed by atoms with Gasteiger partial charge in [-0.1, -0.05) is 88.4 Å². The standard InChI is InChI=1S/C32H39FN2O3/c1-6-23(2)34-31(37)28(20-24-12-8-7-9-13-24)35(21-25-16-18-26(33)19-17-25)30(36)22-38-29-15-11-10-14-27(29)32(3,4)5/h7-19,23,28H,6,20-22H2,1-5H3,(H,34,37)/t23-,28+/m0/s1. The monoisotopic (exact) mass is 518 g/mol. The topological polar surface area (TPSA) is 58.6 Å². The van der Waals surface area contributed by atoms with Crippen LogP contribution in [0.1, 0.15) is 57.7 Å². The van der Waals surface area contributed by atoms with Gasteiger partial charge >= 0.3 is 0 Å². The van der Waals surface area contributed by atoms with E-state index in [-0.39, 0.29) is 42.2 Å². The Hall–Kier alpha value is -3.67. The van der Waals surface area contributed by atoms with Gasteiger partial charge in [-0.3, -0.25) is 9.59 Å². The maximum absolute atomic E-state index is 13.8. The molecule has 0 unspecified atom stereocenters. The number of hydrogen-bond acceptors (Lipinski definition) is 3. The van der Waals surface area contributed by atoms with E-state index in [0.717, 1.165) is 23.1 Å². The van der Waals surface area contributed by atoms with Gasteiger partial charge < -0.3 is 15.0 Å². The Kier molecular flexibility index (Phi) is 10.1. The van der Waals surface area contributed by atoms with Crippen LogP contribution < -0.4 is 10.1 Å². The minimum Gasteiger partial charge on any atom is -0.483 e. The van der Waals surface area contributed by atoms with Crippen molar-refractivity contribution in [3.63, 3.8) is 0 Å². The summed E-state index contributed by atoms with van der Waals surface area (Å²) in [5, 5.41) is 3.05. The van der Waals surface area contributed by atoms with Crippen molar-refractivity contribution in [1.82, 2.24) is 10.2 Å². The number of nitrogens with one attached hydrogen (secondary N) is 1. The first kappa shape index (κ1) is 28.9. The molecule has 0 aliphatic rings. The number of halogens is 1. The molecule has 0 fully saturated rings. The zero-order valence-electron chi connectivity index (χ0n) is 23.0. The van der Waals surface area contributed by atoms with Crippen LogP contribution in [-0.4, -0.2) is 35.4 Å². The first-order valence-electron chi connectivity index (χ1n) is 13.2. The molecule has 0 bridgehead atoms. The first-order valence-corrected chi connectivity index (χ1v) is 13.2. The third-order valence-electron chi connectivity index (χ3n) is 6.58. The van der Waals surface area contributed by atoms with Gasteiger partial charge in [0.1, 0.15) is 17.6 Å². The molecule has 0 heterocycles. The lowest BCUT2D eigenvalue weighted by Crippen LogP contribution is -2.53. The highest BCUT2D eigenvalue weighted by Crippen LogP contribution is 2.31. The van der Waals surface area contributed by atoms with E-state index in [2.05, 4.69) is 26.1 Å². The fourth-order valence-electron chi connectivity index (χ4n) is 4.22. The van der Waals surface area contributed by atoms with E-state index in [1.807, 2.05) is 68.4 Å². The largest absolute Gasteiger partial charge is 0.483 e. The zero-order chi connectivity index (χ0) is 27.7. The number of benzene rings is 3. The van der Waals surface area contributed by atoms with Crippen molar-refractivity contribution >= 4 is 11.8 Å². The molecule has 0 aromatic heterocycles. The Labute approximate surface area is 226 Å². The smallest absolute Gasteiger partial charge is 0.261 e. The molecule has 3 aromatic carbocycles. The number of ether oxygens (including phenoxy) is 1. The first-order chi connectivity index (χ1) is 18.1. The molecule has 202 valence electrons. The summed E-state index contributed by atoms with van der Waals surface area (Å²) in [5.41, 5.74) is 2.49. The van der Waals surface area contributed by atoms with Crippen LogP contribution in [-0.2, 0) is 28.0 Å². The Morgan fingerprint density at radius 1 is 0.921 bits per heavy atom. The number of para-hydroxylation sites is 1. The molecule has 0 spiro atoms. The van der Waals surface area contributed by atoms with Gasteiger partial charge in [-0.05, 0) is 53.6 Å². The molecule has 6 heteroatoms. The van der Waals surface area contributed by atoms with E-state index in [1.165, 1.54) is 12.1 Å². The van der Waals surface area contributed by atoms with Crippen molar-refractivity contribution in [3.8, 4) is 5.75 Å². The van der Waals surface area contributed by atoms with Crippen LogP contribution in [0, 0.1) is 5.82 Å². The molecule has 2 amide bonds. The predicted molar refractivity (Wildman–Crippen MR) is 149 cm³/mol. The second-order valence-corrected chi connectivity index (χ2v) is 10.7. The second kappa shape index (κ2) is 13.2. The van der Waals surface area contributed by atoms with Crippen molar-refractivity contribution in [3.05, 3.63) is 101 Å². The summed E-state index contributed by atoms with van der Waals surface area (Å²) in [4.78, 5) is 28.9. The lowest BCUT2D eigenvalue weighted by Gasteiger charge is -2.32. The minimum atomic E-state index is -0.773. The maximum Gasteiger partial charge on any atom is 0.261 e. The summed E-state index contributed by atoms with van der Waals surface area (Å²) < 4.78 is 19.7.